The molecule has 0 atom stereocenters. The summed E-state index contributed by atoms with van der Waals surface area (Å²) in [4.78, 5) is 15.1. The predicted molar refractivity (Wildman–Crippen MR) is 65.5 cm³/mol. The van der Waals surface area contributed by atoms with Gasteiger partial charge in [0.2, 0.25) is 0 Å². The van der Waals surface area contributed by atoms with E-state index in [9.17, 15) is 4.79 Å². The molecule has 6 heteroatoms. The third kappa shape index (κ3) is 2.00. The van der Waals surface area contributed by atoms with Crippen LogP contribution in [0.2, 0.25) is 5.02 Å². The number of carbonyl (C=O) groups excluding carboxylic acids is 1. The number of primary amides is 1. The van der Waals surface area contributed by atoms with Crippen LogP contribution in [0, 0.1) is 0 Å². The van der Waals surface area contributed by atoms with Crippen molar-refractivity contribution in [1.29, 1.82) is 0 Å². The molecule has 1 heterocycles. The van der Waals surface area contributed by atoms with Crippen LogP contribution in [-0.4, -0.2) is 10.9 Å². The lowest BCUT2D eigenvalue weighted by Gasteiger charge is -1.95. The number of aromatic nitrogens is 1. The second-order valence-corrected chi connectivity index (χ2v) is 4.57. The van der Waals surface area contributed by atoms with Gasteiger partial charge in [0.05, 0.1) is 0 Å². The smallest absolute Gasteiger partial charge is 0.270 e. The van der Waals surface area contributed by atoms with Crippen LogP contribution >= 0.6 is 22.9 Å². The predicted octanol–water partition coefficient (Wildman–Crippen LogP) is 2.14. The molecular weight excluding hydrogens is 246 g/mol. The van der Waals surface area contributed by atoms with Crippen LogP contribution in [0.15, 0.2) is 24.3 Å². The van der Waals surface area contributed by atoms with Gasteiger partial charge in [-0.25, -0.2) is 4.98 Å². The zero-order valence-corrected chi connectivity index (χ0v) is 9.68. The highest BCUT2D eigenvalue weighted by molar-refractivity contribution is 7.19. The highest BCUT2D eigenvalue weighted by atomic mass is 35.5. The number of benzene rings is 1. The molecule has 0 saturated heterocycles. The number of nitrogens with zero attached hydrogens (tertiary/aromatic N) is 1. The Balaban J connectivity index is 2.49. The first-order chi connectivity index (χ1) is 7.58. The van der Waals surface area contributed by atoms with Gasteiger partial charge in [0.1, 0.15) is 10.0 Å². The summed E-state index contributed by atoms with van der Waals surface area (Å²) < 4.78 is 0. The molecule has 2 rings (SSSR count). The van der Waals surface area contributed by atoms with Crippen molar-refractivity contribution in [2.45, 2.75) is 0 Å². The van der Waals surface area contributed by atoms with Gasteiger partial charge in [0.25, 0.3) is 5.91 Å². The standard InChI is InChI=1S/C10H8ClN3OS/c11-6-3-1-2-5(4-6)10-14-7(8(12)15)9(13)16-10/h1-4H,13H2,(H2,12,15). The maximum Gasteiger partial charge on any atom is 0.270 e. The number of thiazole rings is 1. The fourth-order valence-electron chi connectivity index (χ4n) is 1.25. The van der Waals surface area contributed by atoms with Crippen LogP contribution in [0.4, 0.5) is 5.00 Å². The van der Waals surface area contributed by atoms with Crippen molar-refractivity contribution in [1.82, 2.24) is 4.98 Å². The number of nitrogens with two attached hydrogens (primary N) is 2. The van der Waals surface area contributed by atoms with Gasteiger partial charge >= 0.3 is 0 Å². The molecule has 0 spiro atoms. The van der Waals surface area contributed by atoms with E-state index in [0.717, 1.165) is 5.56 Å². The fourth-order valence-corrected chi connectivity index (χ4v) is 2.28. The number of halogens is 1. The van der Waals surface area contributed by atoms with E-state index in [2.05, 4.69) is 4.98 Å². The highest BCUT2D eigenvalue weighted by Crippen LogP contribution is 2.30. The third-order valence-electron chi connectivity index (χ3n) is 1.96. The molecule has 16 heavy (non-hydrogen) atoms. The largest absolute Gasteiger partial charge is 0.389 e. The SMILES string of the molecule is NC(=O)c1nc(-c2cccc(Cl)c2)sc1N. The van der Waals surface area contributed by atoms with E-state index in [0.29, 0.717) is 15.0 Å². The Morgan fingerprint density at radius 1 is 1.44 bits per heavy atom. The lowest BCUT2D eigenvalue weighted by atomic mass is 10.2. The summed E-state index contributed by atoms with van der Waals surface area (Å²) >= 11 is 7.07. The number of carbonyl (C=O) groups is 1. The lowest BCUT2D eigenvalue weighted by Crippen LogP contribution is -2.13. The van der Waals surface area contributed by atoms with Gasteiger partial charge in [-0.2, -0.15) is 0 Å². The first-order valence-electron chi connectivity index (χ1n) is 4.40. The van der Waals surface area contributed by atoms with Crippen molar-refractivity contribution in [2.75, 3.05) is 5.73 Å². The lowest BCUT2D eigenvalue weighted by molar-refractivity contribution is 0.0997. The van der Waals surface area contributed by atoms with Crippen molar-refractivity contribution >= 4 is 33.8 Å². The number of anilines is 1. The number of amides is 1. The Hall–Kier alpha value is -1.59. The van der Waals surface area contributed by atoms with E-state index in [-0.39, 0.29) is 5.69 Å². The molecule has 82 valence electrons. The Bertz CT molecular complexity index is 553. The molecule has 1 aromatic carbocycles. The minimum absolute atomic E-state index is 0.111. The Kier molecular flexibility index (Phi) is 2.80. The van der Waals surface area contributed by atoms with E-state index in [1.165, 1.54) is 11.3 Å². The van der Waals surface area contributed by atoms with Gasteiger partial charge in [-0.15, -0.1) is 0 Å². The van der Waals surface area contributed by atoms with E-state index < -0.39 is 5.91 Å². The summed E-state index contributed by atoms with van der Waals surface area (Å²) in [5.41, 5.74) is 11.7. The van der Waals surface area contributed by atoms with E-state index in [1.807, 2.05) is 6.07 Å². The van der Waals surface area contributed by atoms with Crippen LogP contribution in [0.1, 0.15) is 10.5 Å². The van der Waals surface area contributed by atoms with Crippen molar-refractivity contribution in [3.63, 3.8) is 0 Å². The molecule has 0 fully saturated rings. The fraction of sp³-hybridized carbons (Fsp3) is 0. The molecule has 0 bridgehead atoms. The molecule has 2 aromatic rings. The molecule has 1 aromatic heterocycles. The van der Waals surface area contributed by atoms with E-state index in [1.54, 1.807) is 18.2 Å². The summed E-state index contributed by atoms with van der Waals surface area (Å²) in [6.07, 6.45) is 0. The minimum atomic E-state index is -0.623. The zero-order chi connectivity index (χ0) is 11.7. The van der Waals surface area contributed by atoms with Crippen LogP contribution in [0.5, 0.6) is 0 Å². The maximum atomic E-state index is 11.0. The summed E-state index contributed by atoms with van der Waals surface area (Å²) in [6.45, 7) is 0. The monoisotopic (exact) mass is 253 g/mol. The number of hydrogen-bond donors (Lipinski definition) is 2. The van der Waals surface area contributed by atoms with Crippen LogP contribution in [0.3, 0.4) is 0 Å². The summed E-state index contributed by atoms with van der Waals surface area (Å²) in [5.74, 6) is -0.623. The molecule has 0 saturated carbocycles. The zero-order valence-electron chi connectivity index (χ0n) is 8.11. The minimum Gasteiger partial charge on any atom is -0.389 e. The number of nitrogen functional groups attached to an aromatic ring is 1. The summed E-state index contributed by atoms with van der Waals surface area (Å²) in [7, 11) is 0. The second kappa shape index (κ2) is 4.11. The average molecular weight is 254 g/mol. The van der Waals surface area contributed by atoms with Crippen molar-refractivity contribution in [3.05, 3.63) is 35.0 Å². The quantitative estimate of drug-likeness (QED) is 0.860. The Morgan fingerprint density at radius 2 is 2.19 bits per heavy atom. The first-order valence-corrected chi connectivity index (χ1v) is 5.59. The second-order valence-electron chi connectivity index (χ2n) is 3.11. The maximum absolute atomic E-state index is 11.0. The molecule has 1 amide bonds. The topological polar surface area (TPSA) is 82.0 Å². The molecule has 0 aliphatic rings. The Labute approximate surface area is 101 Å². The summed E-state index contributed by atoms with van der Waals surface area (Å²) in [5, 5.41) is 1.56. The van der Waals surface area contributed by atoms with Gasteiger partial charge in [0.15, 0.2) is 5.69 Å². The molecule has 0 aliphatic carbocycles. The third-order valence-corrected chi connectivity index (χ3v) is 3.13. The van der Waals surface area contributed by atoms with Gasteiger partial charge in [-0.3, -0.25) is 4.79 Å². The van der Waals surface area contributed by atoms with Gasteiger partial charge in [0, 0.05) is 10.6 Å². The summed E-state index contributed by atoms with van der Waals surface area (Å²) in [6, 6.07) is 7.16. The van der Waals surface area contributed by atoms with Crippen LogP contribution < -0.4 is 11.5 Å². The van der Waals surface area contributed by atoms with Crippen molar-refractivity contribution in [2.24, 2.45) is 5.73 Å². The average Bonchev–Trinajstić information content (AvgIpc) is 2.60. The van der Waals surface area contributed by atoms with Gasteiger partial charge in [-0.1, -0.05) is 35.1 Å². The van der Waals surface area contributed by atoms with Gasteiger partial charge < -0.3 is 11.5 Å². The molecule has 0 radical (unpaired) electrons. The number of rotatable bonds is 2. The molecule has 4 N–H and O–H groups in total. The van der Waals surface area contributed by atoms with Gasteiger partial charge in [-0.05, 0) is 12.1 Å². The molecule has 4 nitrogen and oxygen atoms in total. The first kappa shape index (κ1) is 10.9. The van der Waals surface area contributed by atoms with E-state index in [4.69, 9.17) is 23.1 Å². The Morgan fingerprint density at radius 3 is 2.75 bits per heavy atom. The normalized spacial score (nSPS) is 10.3. The molecular formula is C10H8ClN3OS. The molecule has 0 unspecified atom stereocenters. The molecule has 0 aliphatic heterocycles. The van der Waals surface area contributed by atoms with Crippen molar-refractivity contribution < 1.29 is 4.79 Å². The van der Waals surface area contributed by atoms with Crippen LogP contribution in [-0.2, 0) is 0 Å². The van der Waals surface area contributed by atoms with Crippen LogP contribution in [0.25, 0.3) is 10.6 Å². The van der Waals surface area contributed by atoms with E-state index >= 15 is 0 Å². The number of hydrogen-bond acceptors (Lipinski definition) is 4. The highest BCUT2D eigenvalue weighted by Gasteiger charge is 2.14. The van der Waals surface area contributed by atoms with Crippen molar-refractivity contribution in [3.8, 4) is 10.6 Å².